The molecule has 0 aromatic heterocycles. The van der Waals surface area contributed by atoms with E-state index in [-0.39, 0.29) is 16.7 Å². The Bertz CT molecular complexity index is 782. The first-order valence-corrected chi connectivity index (χ1v) is 10.6. The summed E-state index contributed by atoms with van der Waals surface area (Å²) in [5.41, 5.74) is 0.220. The van der Waals surface area contributed by atoms with Gasteiger partial charge in [-0.25, -0.2) is 8.42 Å². The lowest BCUT2D eigenvalue weighted by atomic mass is 9.63. The van der Waals surface area contributed by atoms with Crippen LogP contribution in [0.5, 0.6) is 0 Å². The third kappa shape index (κ3) is 3.05. The lowest BCUT2D eigenvalue weighted by Crippen LogP contribution is -2.62. The third-order valence-corrected chi connectivity index (χ3v) is 6.56. The minimum absolute atomic E-state index is 0.00689. The number of rotatable bonds is 4. The number of carbonyl (C=O) groups excluding carboxylic acids is 2. The maximum atomic E-state index is 13.3. The standard InChI is InChI=1S/C18H24N2O4S/c1-3-15-16(21)19-11-12-20(15)17(22)18(9-4-10-18)13-5-7-14(8-6-13)25(2,23)24/h5-8,15H,3-4,9-12H2,1-2H3,(H,19,21)/t15-/m0/s1. The number of carbonyl (C=O) groups is 2. The zero-order valence-corrected chi connectivity index (χ0v) is 15.4. The third-order valence-electron chi connectivity index (χ3n) is 5.43. The largest absolute Gasteiger partial charge is 0.353 e. The van der Waals surface area contributed by atoms with E-state index in [1.54, 1.807) is 29.2 Å². The highest BCUT2D eigenvalue weighted by molar-refractivity contribution is 7.90. The fourth-order valence-electron chi connectivity index (χ4n) is 3.82. The second kappa shape index (κ2) is 6.44. The van der Waals surface area contributed by atoms with E-state index in [1.807, 2.05) is 6.92 Å². The molecule has 1 saturated carbocycles. The van der Waals surface area contributed by atoms with Crippen molar-refractivity contribution in [3.8, 4) is 0 Å². The van der Waals surface area contributed by atoms with Crippen LogP contribution >= 0.6 is 0 Å². The normalized spacial score (nSPS) is 22.9. The van der Waals surface area contributed by atoms with Gasteiger partial charge in [-0.3, -0.25) is 9.59 Å². The molecule has 1 aromatic rings. The van der Waals surface area contributed by atoms with Crippen molar-refractivity contribution in [3.63, 3.8) is 0 Å². The molecule has 7 heteroatoms. The fourth-order valence-corrected chi connectivity index (χ4v) is 4.45. The molecule has 25 heavy (non-hydrogen) atoms. The van der Waals surface area contributed by atoms with Crippen molar-refractivity contribution in [3.05, 3.63) is 29.8 Å². The maximum absolute atomic E-state index is 13.3. The molecular formula is C18H24N2O4S. The Kier molecular flexibility index (Phi) is 4.62. The predicted octanol–water partition coefficient (Wildman–Crippen LogP) is 1.25. The van der Waals surface area contributed by atoms with E-state index < -0.39 is 21.3 Å². The van der Waals surface area contributed by atoms with Crippen LogP contribution in [0.1, 0.15) is 38.2 Å². The summed E-state index contributed by atoms with van der Waals surface area (Å²) in [6.45, 7) is 2.90. The monoisotopic (exact) mass is 364 g/mol. The van der Waals surface area contributed by atoms with Gasteiger partial charge in [-0.15, -0.1) is 0 Å². The first-order chi connectivity index (χ1) is 11.8. The molecule has 1 heterocycles. The average molecular weight is 364 g/mol. The van der Waals surface area contributed by atoms with Crippen LogP contribution in [-0.2, 0) is 24.8 Å². The van der Waals surface area contributed by atoms with Crippen molar-refractivity contribution in [2.75, 3.05) is 19.3 Å². The molecule has 2 fully saturated rings. The summed E-state index contributed by atoms with van der Waals surface area (Å²) in [7, 11) is -3.26. The topological polar surface area (TPSA) is 83.6 Å². The van der Waals surface area contributed by atoms with Gasteiger partial charge in [-0.2, -0.15) is 0 Å². The van der Waals surface area contributed by atoms with Gasteiger partial charge in [0.15, 0.2) is 9.84 Å². The fraction of sp³-hybridized carbons (Fsp3) is 0.556. The van der Waals surface area contributed by atoms with Gasteiger partial charge < -0.3 is 10.2 Å². The lowest BCUT2D eigenvalue weighted by molar-refractivity contribution is -0.150. The van der Waals surface area contributed by atoms with E-state index in [0.717, 1.165) is 24.8 Å². The number of amides is 2. The van der Waals surface area contributed by atoms with Crippen LogP contribution in [0.25, 0.3) is 0 Å². The van der Waals surface area contributed by atoms with E-state index in [1.165, 1.54) is 6.26 Å². The Morgan fingerprint density at radius 3 is 2.40 bits per heavy atom. The van der Waals surface area contributed by atoms with Gasteiger partial charge in [0.2, 0.25) is 11.8 Å². The lowest BCUT2D eigenvalue weighted by Gasteiger charge is -2.46. The average Bonchev–Trinajstić information content (AvgIpc) is 2.53. The quantitative estimate of drug-likeness (QED) is 0.871. The van der Waals surface area contributed by atoms with Gasteiger partial charge in [-0.05, 0) is 37.0 Å². The summed E-state index contributed by atoms with van der Waals surface area (Å²) < 4.78 is 23.3. The summed E-state index contributed by atoms with van der Waals surface area (Å²) in [6, 6.07) is 6.21. The molecule has 1 atom stereocenters. The van der Waals surface area contributed by atoms with Crippen molar-refractivity contribution in [2.45, 2.75) is 49.0 Å². The van der Waals surface area contributed by atoms with E-state index in [4.69, 9.17) is 0 Å². The van der Waals surface area contributed by atoms with Gasteiger partial charge in [0.05, 0.1) is 10.3 Å². The molecule has 1 aromatic carbocycles. The molecule has 2 amide bonds. The minimum atomic E-state index is -3.26. The molecular weight excluding hydrogens is 340 g/mol. The van der Waals surface area contributed by atoms with Crippen molar-refractivity contribution in [2.24, 2.45) is 0 Å². The van der Waals surface area contributed by atoms with E-state index in [0.29, 0.717) is 19.5 Å². The Morgan fingerprint density at radius 1 is 1.28 bits per heavy atom. The van der Waals surface area contributed by atoms with Crippen LogP contribution in [0.3, 0.4) is 0 Å². The SMILES string of the molecule is CC[C@H]1C(=O)NCCN1C(=O)C1(c2ccc(S(C)(=O)=O)cc2)CCC1. The van der Waals surface area contributed by atoms with Crippen molar-refractivity contribution < 1.29 is 18.0 Å². The summed E-state index contributed by atoms with van der Waals surface area (Å²) in [5, 5.41) is 2.82. The molecule has 136 valence electrons. The smallest absolute Gasteiger partial charge is 0.242 e. The highest BCUT2D eigenvalue weighted by atomic mass is 32.2. The zero-order chi connectivity index (χ0) is 18.2. The summed E-state index contributed by atoms with van der Waals surface area (Å²) >= 11 is 0. The zero-order valence-electron chi connectivity index (χ0n) is 14.6. The van der Waals surface area contributed by atoms with E-state index >= 15 is 0 Å². The molecule has 0 spiro atoms. The number of hydrogen-bond donors (Lipinski definition) is 1. The van der Waals surface area contributed by atoms with E-state index in [9.17, 15) is 18.0 Å². The second-order valence-corrected chi connectivity index (χ2v) is 8.96. The number of hydrogen-bond acceptors (Lipinski definition) is 4. The van der Waals surface area contributed by atoms with Gasteiger partial charge in [-0.1, -0.05) is 25.5 Å². The number of nitrogens with zero attached hydrogens (tertiary/aromatic N) is 1. The van der Waals surface area contributed by atoms with Gasteiger partial charge in [0.25, 0.3) is 0 Å². The summed E-state index contributed by atoms with van der Waals surface area (Å²) in [6.07, 6.45) is 4.18. The van der Waals surface area contributed by atoms with E-state index in [2.05, 4.69) is 5.32 Å². The van der Waals surface area contributed by atoms with Gasteiger partial charge in [0.1, 0.15) is 6.04 Å². The van der Waals surface area contributed by atoms with Crippen LogP contribution in [-0.4, -0.2) is 50.5 Å². The number of piperazine rings is 1. The van der Waals surface area contributed by atoms with Crippen LogP contribution in [0.2, 0.25) is 0 Å². The molecule has 0 unspecified atom stereocenters. The predicted molar refractivity (Wildman–Crippen MR) is 93.9 cm³/mol. The molecule has 0 bridgehead atoms. The Hall–Kier alpha value is -1.89. The molecule has 3 rings (SSSR count). The highest BCUT2D eigenvalue weighted by Crippen LogP contribution is 2.46. The number of nitrogens with one attached hydrogen (secondary N) is 1. The number of sulfone groups is 1. The molecule has 0 radical (unpaired) electrons. The Labute approximate surface area is 148 Å². The molecule has 1 N–H and O–H groups in total. The Balaban J connectivity index is 1.92. The second-order valence-electron chi connectivity index (χ2n) is 6.95. The van der Waals surface area contributed by atoms with Crippen LogP contribution < -0.4 is 5.32 Å². The molecule has 1 aliphatic heterocycles. The molecule has 2 aliphatic rings. The molecule has 6 nitrogen and oxygen atoms in total. The molecule has 1 saturated heterocycles. The molecule has 1 aliphatic carbocycles. The number of benzene rings is 1. The Morgan fingerprint density at radius 2 is 1.92 bits per heavy atom. The minimum Gasteiger partial charge on any atom is -0.353 e. The van der Waals surface area contributed by atoms with Crippen molar-refractivity contribution >= 4 is 21.7 Å². The van der Waals surface area contributed by atoms with Gasteiger partial charge >= 0.3 is 0 Å². The summed E-state index contributed by atoms with van der Waals surface area (Å²) in [5.74, 6) is -0.100. The van der Waals surface area contributed by atoms with Crippen LogP contribution in [0.4, 0.5) is 0 Å². The van der Waals surface area contributed by atoms with Crippen LogP contribution in [0.15, 0.2) is 29.2 Å². The van der Waals surface area contributed by atoms with Crippen molar-refractivity contribution in [1.82, 2.24) is 10.2 Å². The summed E-state index contributed by atoms with van der Waals surface area (Å²) in [4.78, 5) is 27.4. The first-order valence-electron chi connectivity index (χ1n) is 8.69. The van der Waals surface area contributed by atoms with Crippen molar-refractivity contribution in [1.29, 1.82) is 0 Å². The first kappa shape index (κ1) is 17.9. The van der Waals surface area contributed by atoms with Gasteiger partial charge in [0, 0.05) is 19.3 Å². The maximum Gasteiger partial charge on any atom is 0.242 e. The highest BCUT2D eigenvalue weighted by Gasteiger charge is 2.49. The van der Waals surface area contributed by atoms with Crippen LogP contribution in [0, 0.1) is 0 Å².